The van der Waals surface area contributed by atoms with E-state index in [4.69, 9.17) is 0 Å². The average Bonchev–Trinajstić information content (AvgIpc) is 2.55. The number of anilines is 1. The van der Waals surface area contributed by atoms with E-state index in [1.54, 1.807) is 12.4 Å². The minimum Gasteiger partial charge on any atom is -0.368 e. The largest absolute Gasteiger partial charge is 0.368 e. The van der Waals surface area contributed by atoms with Crippen LogP contribution >= 0.6 is 0 Å². The van der Waals surface area contributed by atoms with Crippen molar-refractivity contribution in [2.24, 2.45) is 0 Å². The zero-order valence-corrected chi connectivity index (χ0v) is 14.0. The van der Waals surface area contributed by atoms with Gasteiger partial charge in [-0.25, -0.2) is 0 Å². The molecule has 0 atom stereocenters. The molecule has 0 aliphatic carbocycles. The fraction of sp³-hybridized carbons (Fsp3) is 0.368. The van der Waals surface area contributed by atoms with Gasteiger partial charge in [-0.15, -0.1) is 0 Å². The van der Waals surface area contributed by atoms with E-state index in [-0.39, 0.29) is 5.91 Å². The van der Waals surface area contributed by atoms with Crippen LogP contribution in [0.25, 0.3) is 0 Å². The molecule has 0 radical (unpaired) electrons. The van der Waals surface area contributed by atoms with Gasteiger partial charge in [0.05, 0.1) is 5.56 Å². The fourth-order valence-corrected chi connectivity index (χ4v) is 3.48. The first kappa shape index (κ1) is 15.5. The second kappa shape index (κ2) is 6.41. The summed E-state index contributed by atoms with van der Waals surface area (Å²) in [7, 11) is 0. The van der Waals surface area contributed by atoms with E-state index in [1.807, 2.05) is 17.0 Å². The Morgan fingerprint density at radius 1 is 1.04 bits per heavy atom. The number of carbonyl (C=O) groups excluding carboxylic acids is 1. The van der Waals surface area contributed by atoms with Gasteiger partial charge in [0.15, 0.2) is 0 Å². The van der Waals surface area contributed by atoms with Gasteiger partial charge in [0, 0.05) is 44.3 Å². The highest BCUT2D eigenvalue weighted by Crippen LogP contribution is 2.27. The molecule has 1 saturated heterocycles. The number of hydrogen-bond donors (Lipinski definition) is 0. The van der Waals surface area contributed by atoms with Crippen molar-refractivity contribution in [3.05, 3.63) is 58.9 Å². The van der Waals surface area contributed by atoms with Gasteiger partial charge in [-0.05, 0) is 44.0 Å². The van der Waals surface area contributed by atoms with Gasteiger partial charge in [0.2, 0.25) is 0 Å². The zero-order chi connectivity index (χ0) is 16.4. The van der Waals surface area contributed by atoms with Crippen LogP contribution in [0.2, 0.25) is 0 Å². The lowest BCUT2D eigenvalue weighted by molar-refractivity contribution is 0.0746. The number of nitrogens with zero attached hydrogens (tertiary/aromatic N) is 3. The van der Waals surface area contributed by atoms with Crippen molar-refractivity contribution >= 4 is 11.6 Å². The molecule has 23 heavy (non-hydrogen) atoms. The highest BCUT2D eigenvalue weighted by Gasteiger charge is 2.23. The lowest BCUT2D eigenvalue weighted by atomic mass is 10.0. The van der Waals surface area contributed by atoms with E-state index >= 15 is 0 Å². The van der Waals surface area contributed by atoms with E-state index in [0.717, 1.165) is 26.2 Å². The molecule has 3 rings (SSSR count). The maximum Gasteiger partial charge on any atom is 0.255 e. The number of rotatable bonds is 2. The quantitative estimate of drug-likeness (QED) is 0.856. The first-order valence-corrected chi connectivity index (χ1v) is 8.08. The summed E-state index contributed by atoms with van der Waals surface area (Å²) in [5, 5.41) is 0. The predicted molar refractivity (Wildman–Crippen MR) is 93.0 cm³/mol. The van der Waals surface area contributed by atoms with E-state index in [1.165, 1.54) is 22.4 Å². The first-order valence-electron chi connectivity index (χ1n) is 8.08. The van der Waals surface area contributed by atoms with Crippen molar-refractivity contribution in [3.63, 3.8) is 0 Å². The molecule has 4 heteroatoms. The van der Waals surface area contributed by atoms with Crippen molar-refractivity contribution in [1.82, 2.24) is 9.88 Å². The van der Waals surface area contributed by atoms with Gasteiger partial charge < -0.3 is 9.80 Å². The molecule has 0 saturated carbocycles. The third-order valence-corrected chi connectivity index (χ3v) is 4.43. The maximum absolute atomic E-state index is 12.5. The summed E-state index contributed by atoms with van der Waals surface area (Å²) < 4.78 is 0. The van der Waals surface area contributed by atoms with Crippen LogP contribution in [0.3, 0.4) is 0 Å². The Bertz CT molecular complexity index is 681. The molecule has 2 heterocycles. The second-order valence-corrected chi connectivity index (χ2v) is 6.27. The third-order valence-electron chi connectivity index (χ3n) is 4.43. The Balaban J connectivity index is 1.71. The number of aryl methyl sites for hydroxylation is 3. The Kier molecular flexibility index (Phi) is 4.33. The van der Waals surface area contributed by atoms with Gasteiger partial charge in [-0.2, -0.15) is 0 Å². The standard InChI is InChI=1S/C19H23N3O/c1-14-11-15(2)18(16(3)12-14)21-7-9-22(10-8-21)19(23)17-5-4-6-20-13-17/h4-6,11-13H,7-10H2,1-3H3. The lowest BCUT2D eigenvalue weighted by Gasteiger charge is -2.37. The predicted octanol–water partition coefficient (Wildman–Crippen LogP) is 2.97. The number of amides is 1. The molecular weight excluding hydrogens is 286 g/mol. The first-order chi connectivity index (χ1) is 11.1. The zero-order valence-electron chi connectivity index (χ0n) is 14.0. The van der Waals surface area contributed by atoms with Gasteiger partial charge in [0.25, 0.3) is 5.91 Å². The molecule has 4 nitrogen and oxygen atoms in total. The molecule has 0 unspecified atom stereocenters. The van der Waals surface area contributed by atoms with Crippen LogP contribution < -0.4 is 4.90 Å². The van der Waals surface area contributed by atoms with Gasteiger partial charge in [-0.3, -0.25) is 9.78 Å². The molecule has 120 valence electrons. The van der Waals surface area contributed by atoms with Crippen molar-refractivity contribution in [3.8, 4) is 0 Å². The second-order valence-electron chi connectivity index (χ2n) is 6.27. The number of piperazine rings is 1. The highest BCUT2D eigenvalue weighted by atomic mass is 16.2. The van der Waals surface area contributed by atoms with Crippen molar-refractivity contribution < 1.29 is 4.79 Å². The van der Waals surface area contributed by atoms with Crippen molar-refractivity contribution in [1.29, 1.82) is 0 Å². The van der Waals surface area contributed by atoms with Crippen molar-refractivity contribution in [2.75, 3.05) is 31.1 Å². The molecule has 2 aromatic rings. The number of benzene rings is 1. The molecule has 0 N–H and O–H groups in total. The monoisotopic (exact) mass is 309 g/mol. The lowest BCUT2D eigenvalue weighted by Crippen LogP contribution is -2.49. The summed E-state index contributed by atoms with van der Waals surface area (Å²) in [6.07, 6.45) is 3.33. The normalized spacial score (nSPS) is 14.9. The molecule has 0 bridgehead atoms. The SMILES string of the molecule is Cc1cc(C)c(N2CCN(C(=O)c3cccnc3)CC2)c(C)c1. The number of carbonyl (C=O) groups is 1. The van der Waals surface area contributed by atoms with Gasteiger partial charge in [0.1, 0.15) is 0 Å². The Hall–Kier alpha value is -2.36. The summed E-state index contributed by atoms with van der Waals surface area (Å²) in [6.45, 7) is 9.72. The molecule has 1 aromatic carbocycles. The molecular formula is C19H23N3O. The molecule has 1 aromatic heterocycles. The Labute approximate surface area is 137 Å². The van der Waals surface area contributed by atoms with E-state index in [2.05, 4.69) is 42.8 Å². The summed E-state index contributed by atoms with van der Waals surface area (Å²) >= 11 is 0. The van der Waals surface area contributed by atoms with Crippen LogP contribution in [0, 0.1) is 20.8 Å². The highest BCUT2D eigenvalue weighted by molar-refractivity contribution is 5.94. The molecule has 1 aliphatic rings. The summed E-state index contributed by atoms with van der Waals surface area (Å²) in [5.41, 5.74) is 5.92. The number of pyridine rings is 1. The van der Waals surface area contributed by atoms with Crippen LogP contribution in [-0.4, -0.2) is 42.0 Å². The Morgan fingerprint density at radius 2 is 1.70 bits per heavy atom. The van der Waals surface area contributed by atoms with Gasteiger partial charge in [-0.1, -0.05) is 17.7 Å². The molecule has 1 amide bonds. The van der Waals surface area contributed by atoms with Crippen LogP contribution in [0.5, 0.6) is 0 Å². The topological polar surface area (TPSA) is 36.4 Å². The van der Waals surface area contributed by atoms with Crippen molar-refractivity contribution in [2.45, 2.75) is 20.8 Å². The average molecular weight is 309 g/mol. The summed E-state index contributed by atoms with van der Waals surface area (Å²) in [4.78, 5) is 20.8. The van der Waals surface area contributed by atoms with Crippen LogP contribution in [0.4, 0.5) is 5.69 Å². The molecule has 1 fully saturated rings. The smallest absolute Gasteiger partial charge is 0.255 e. The molecule has 1 aliphatic heterocycles. The number of aromatic nitrogens is 1. The van der Waals surface area contributed by atoms with E-state index in [9.17, 15) is 4.79 Å². The fourth-order valence-electron chi connectivity index (χ4n) is 3.48. The van der Waals surface area contributed by atoms with Gasteiger partial charge >= 0.3 is 0 Å². The minimum atomic E-state index is 0.0788. The third kappa shape index (κ3) is 3.21. The van der Waals surface area contributed by atoms with Crippen LogP contribution in [0.15, 0.2) is 36.7 Å². The van der Waals surface area contributed by atoms with Crippen LogP contribution in [-0.2, 0) is 0 Å². The number of hydrogen-bond acceptors (Lipinski definition) is 3. The maximum atomic E-state index is 12.5. The Morgan fingerprint density at radius 3 is 2.26 bits per heavy atom. The van der Waals surface area contributed by atoms with E-state index < -0.39 is 0 Å². The minimum absolute atomic E-state index is 0.0788. The summed E-state index contributed by atoms with van der Waals surface area (Å²) in [5.74, 6) is 0.0788. The van der Waals surface area contributed by atoms with Crippen LogP contribution in [0.1, 0.15) is 27.0 Å². The van der Waals surface area contributed by atoms with E-state index in [0.29, 0.717) is 5.56 Å². The molecule has 0 spiro atoms. The summed E-state index contributed by atoms with van der Waals surface area (Å²) in [6, 6.07) is 8.10.